The van der Waals surface area contributed by atoms with E-state index in [1.807, 2.05) is 0 Å². The number of hydrogen-bond donors (Lipinski definition) is 3. The zero-order valence-electron chi connectivity index (χ0n) is 12.4. The Morgan fingerprint density at radius 1 is 1.18 bits per heavy atom. The lowest BCUT2D eigenvalue weighted by molar-refractivity contribution is -0.285. The Labute approximate surface area is 128 Å². The average Bonchev–Trinajstić information content (AvgIpc) is 2.55. The van der Waals surface area contributed by atoms with Crippen LogP contribution >= 0.6 is 0 Å². The van der Waals surface area contributed by atoms with E-state index >= 15 is 0 Å². The molecule has 6 atom stereocenters. The molecule has 7 nitrogen and oxygen atoms in total. The van der Waals surface area contributed by atoms with Gasteiger partial charge in [0.25, 0.3) is 0 Å². The number of hydrogen-bond acceptors (Lipinski definition) is 7. The first-order valence-electron chi connectivity index (χ1n) is 7.10. The SMILES string of the molecule is COc1ccc2c(c1)[C@H](OC)C1C(O2)O[C@H](CO)[C@H](O)[C@@H]1O. The summed E-state index contributed by atoms with van der Waals surface area (Å²) in [5.74, 6) is 0.597. The van der Waals surface area contributed by atoms with Crippen molar-refractivity contribution < 1.29 is 34.3 Å². The van der Waals surface area contributed by atoms with Crippen LogP contribution in [0.1, 0.15) is 11.7 Å². The number of rotatable bonds is 3. The van der Waals surface area contributed by atoms with Crippen molar-refractivity contribution in [3.63, 3.8) is 0 Å². The fourth-order valence-corrected chi connectivity index (χ4v) is 3.13. The summed E-state index contributed by atoms with van der Waals surface area (Å²) in [7, 11) is 3.08. The summed E-state index contributed by atoms with van der Waals surface area (Å²) in [6.45, 7) is -0.405. The van der Waals surface area contributed by atoms with Crippen LogP contribution in [0.25, 0.3) is 0 Å². The Morgan fingerprint density at radius 3 is 2.59 bits per heavy atom. The zero-order chi connectivity index (χ0) is 15.9. The minimum atomic E-state index is -1.21. The van der Waals surface area contributed by atoms with Crippen LogP contribution in [0.2, 0.25) is 0 Å². The van der Waals surface area contributed by atoms with Crippen LogP contribution in [0, 0.1) is 5.92 Å². The van der Waals surface area contributed by atoms with Crippen molar-refractivity contribution in [1.29, 1.82) is 0 Å². The van der Waals surface area contributed by atoms with Gasteiger partial charge in [0, 0.05) is 12.7 Å². The summed E-state index contributed by atoms with van der Waals surface area (Å²) in [4.78, 5) is 0. The maximum Gasteiger partial charge on any atom is 0.208 e. The molecule has 3 N–H and O–H groups in total. The van der Waals surface area contributed by atoms with Crippen molar-refractivity contribution in [3.05, 3.63) is 23.8 Å². The minimum Gasteiger partial charge on any atom is -0.497 e. The third-order valence-corrected chi connectivity index (χ3v) is 4.30. The number of fused-ring (bicyclic) bond motifs is 2. The molecule has 0 bridgehead atoms. The highest BCUT2D eigenvalue weighted by molar-refractivity contribution is 5.43. The third kappa shape index (κ3) is 2.35. The van der Waals surface area contributed by atoms with Gasteiger partial charge in [-0.1, -0.05) is 0 Å². The van der Waals surface area contributed by atoms with Crippen LogP contribution in [-0.4, -0.2) is 60.7 Å². The monoisotopic (exact) mass is 312 g/mol. The van der Waals surface area contributed by atoms with E-state index in [9.17, 15) is 15.3 Å². The quantitative estimate of drug-likeness (QED) is 0.713. The first kappa shape index (κ1) is 15.5. The molecule has 2 aliphatic heterocycles. The van der Waals surface area contributed by atoms with E-state index in [1.54, 1.807) is 25.3 Å². The van der Waals surface area contributed by atoms with E-state index in [-0.39, 0.29) is 0 Å². The van der Waals surface area contributed by atoms with Gasteiger partial charge < -0.3 is 34.3 Å². The van der Waals surface area contributed by atoms with E-state index in [1.165, 1.54) is 7.11 Å². The number of ether oxygens (including phenoxy) is 4. The average molecular weight is 312 g/mol. The first-order valence-corrected chi connectivity index (χ1v) is 7.10. The lowest BCUT2D eigenvalue weighted by Crippen LogP contribution is -2.60. The molecule has 1 fully saturated rings. The van der Waals surface area contributed by atoms with Crippen LogP contribution in [0.15, 0.2) is 18.2 Å². The van der Waals surface area contributed by atoms with Crippen molar-refractivity contribution in [2.45, 2.75) is 30.7 Å². The summed E-state index contributed by atoms with van der Waals surface area (Å²) >= 11 is 0. The second-order valence-corrected chi connectivity index (χ2v) is 5.46. The molecule has 1 saturated heterocycles. The molecule has 2 aliphatic rings. The van der Waals surface area contributed by atoms with Gasteiger partial charge in [-0.15, -0.1) is 0 Å². The van der Waals surface area contributed by atoms with Gasteiger partial charge in [-0.05, 0) is 18.2 Å². The standard InChI is InChI=1S/C15H20O7/c1-19-7-3-4-9-8(5-7)14(20-2)11-13(18)12(17)10(6-16)22-15(11)21-9/h3-5,10-18H,6H2,1-2H3/t10-,11?,12+,13-,14+,15?/m1/s1. The highest BCUT2D eigenvalue weighted by Gasteiger charge is 2.52. The first-order chi connectivity index (χ1) is 10.6. The van der Waals surface area contributed by atoms with Gasteiger partial charge in [-0.2, -0.15) is 0 Å². The maximum absolute atomic E-state index is 10.4. The summed E-state index contributed by atoms with van der Waals surface area (Å²) in [5.41, 5.74) is 0.723. The van der Waals surface area contributed by atoms with Gasteiger partial charge in [0.1, 0.15) is 23.7 Å². The molecular formula is C15H20O7. The molecular weight excluding hydrogens is 292 g/mol. The fraction of sp³-hybridized carbons (Fsp3) is 0.600. The molecule has 7 heteroatoms. The molecule has 2 unspecified atom stereocenters. The second kappa shape index (κ2) is 6.02. The smallest absolute Gasteiger partial charge is 0.208 e. The van der Waals surface area contributed by atoms with Crippen LogP contribution in [0.3, 0.4) is 0 Å². The van der Waals surface area contributed by atoms with Crippen LogP contribution in [0.5, 0.6) is 11.5 Å². The highest BCUT2D eigenvalue weighted by atomic mass is 16.7. The lowest BCUT2D eigenvalue weighted by atomic mass is 9.82. The van der Waals surface area contributed by atoms with Gasteiger partial charge in [0.15, 0.2) is 0 Å². The van der Waals surface area contributed by atoms with E-state index in [2.05, 4.69) is 0 Å². The van der Waals surface area contributed by atoms with Gasteiger partial charge in [0.05, 0.1) is 31.8 Å². The molecule has 0 saturated carbocycles. The molecule has 2 heterocycles. The summed E-state index contributed by atoms with van der Waals surface area (Å²) in [5, 5.41) is 29.7. The topological polar surface area (TPSA) is 97.6 Å². The molecule has 122 valence electrons. The molecule has 1 aromatic carbocycles. The van der Waals surface area contributed by atoms with Gasteiger partial charge in [-0.25, -0.2) is 0 Å². The largest absolute Gasteiger partial charge is 0.497 e. The van der Waals surface area contributed by atoms with Crippen molar-refractivity contribution in [3.8, 4) is 11.5 Å². The molecule has 0 aromatic heterocycles. The molecule has 3 rings (SSSR count). The van der Waals surface area contributed by atoms with Crippen molar-refractivity contribution >= 4 is 0 Å². The van der Waals surface area contributed by atoms with Gasteiger partial charge in [-0.3, -0.25) is 0 Å². The van der Waals surface area contributed by atoms with E-state index in [0.29, 0.717) is 11.5 Å². The third-order valence-electron chi connectivity index (χ3n) is 4.30. The lowest BCUT2D eigenvalue weighted by Gasteiger charge is -2.47. The predicted molar refractivity (Wildman–Crippen MR) is 74.6 cm³/mol. The van der Waals surface area contributed by atoms with Crippen molar-refractivity contribution in [1.82, 2.24) is 0 Å². The molecule has 0 aliphatic carbocycles. The minimum absolute atomic E-state index is 0.405. The van der Waals surface area contributed by atoms with Crippen LogP contribution in [0.4, 0.5) is 0 Å². The number of benzene rings is 1. The van der Waals surface area contributed by atoms with Crippen LogP contribution in [-0.2, 0) is 9.47 Å². The molecule has 0 amide bonds. The predicted octanol–water partition coefficient (Wildman–Crippen LogP) is -0.170. The summed E-state index contributed by atoms with van der Waals surface area (Å²) in [6, 6.07) is 5.27. The van der Waals surface area contributed by atoms with Gasteiger partial charge in [0.2, 0.25) is 6.29 Å². The molecule has 22 heavy (non-hydrogen) atoms. The van der Waals surface area contributed by atoms with E-state index in [4.69, 9.17) is 18.9 Å². The Kier molecular flexibility index (Phi) is 4.24. The molecule has 0 radical (unpaired) electrons. The Morgan fingerprint density at radius 2 is 1.95 bits per heavy atom. The van der Waals surface area contributed by atoms with Crippen molar-refractivity contribution in [2.24, 2.45) is 5.92 Å². The Hall–Kier alpha value is -1.38. The summed E-state index contributed by atoms with van der Waals surface area (Å²) in [6.07, 6.45) is -4.57. The summed E-state index contributed by atoms with van der Waals surface area (Å²) < 4.78 is 22.1. The normalized spacial score (nSPS) is 37.0. The maximum atomic E-state index is 10.4. The van der Waals surface area contributed by atoms with Gasteiger partial charge >= 0.3 is 0 Å². The van der Waals surface area contributed by atoms with E-state index < -0.39 is 43.2 Å². The van der Waals surface area contributed by atoms with E-state index in [0.717, 1.165) is 5.56 Å². The number of aliphatic hydroxyl groups excluding tert-OH is 3. The highest BCUT2D eigenvalue weighted by Crippen LogP contribution is 2.46. The molecule has 0 spiro atoms. The van der Waals surface area contributed by atoms with Crippen LogP contribution < -0.4 is 9.47 Å². The second-order valence-electron chi connectivity index (χ2n) is 5.46. The molecule has 1 aromatic rings. The fourth-order valence-electron chi connectivity index (χ4n) is 3.13. The van der Waals surface area contributed by atoms with Crippen molar-refractivity contribution in [2.75, 3.05) is 20.8 Å². The number of aliphatic hydroxyl groups is 3. The Balaban J connectivity index is 1.99. The zero-order valence-corrected chi connectivity index (χ0v) is 12.4. The Bertz CT molecular complexity index is 535. The number of methoxy groups -OCH3 is 2.